The highest BCUT2D eigenvalue weighted by molar-refractivity contribution is 6.68. The van der Waals surface area contributed by atoms with E-state index in [1.54, 1.807) is 31.3 Å². The van der Waals surface area contributed by atoms with Gasteiger partial charge in [0.1, 0.15) is 19.3 Å². The lowest BCUT2D eigenvalue weighted by Crippen LogP contribution is -2.50. The third kappa shape index (κ3) is 6.12. The van der Waals surface area contributed by atoms with Crippen molar-refractivity contribution in [2.24, 2.45) is 0 Å². The molecular weight excluding hydrogens is 423 g/mol. The van der Waals surface area contributed by atoms with E-state index in [4.69, 9.17) is 39.5 Å². The van der Waals surface area contributed by atoms with Gasteiger partial charge >= 0.3 is 11.9 Å². The van der Waals surface area contributed by atoms with Gasteiger partial charge in [-0.2, -0.15) is 0 Å². The minimum absolute atomic E-state index is 0.0495. The summed E-state index contributed by atoms with van der Waals surface area (Å²) in [4.78, 5) is 29.1. The monoisotopic (exact) mass is 437 g/mol. The zero-order valence-corrected chi connectivity index (χ0v) is 16.3. The Bertz CT molecular complexity index is 796. The number of nitrogens with one attached hydrogen (secondary N) is 3. The number of nitro groups is 1. The largest absolute Gasteiger partial charge is 0.445 e. The van der Waals surface area contributed by atoms with Gasteiger partial charge in [-0.3, -0.25) is 5.32 Å². The molecule has 2 rings (SSSR count). The molecule has 0 aliphatic heterocycles. The van der Waals surface area contributed by atoms with Crippen LogP contribution < -0.4 is 15.6 Å². The first-order valence-corrected chi connectivity index (χ1v) is 8.71. The van der Waals surface area contributed by atoms with Gasteiger partial charge in [-0.05, 0) is 11.0 Å². The summed E-state index contributed by atoms with van der Waals surface area (Å²) >= 11 is 17.6. The number of carbonyl (C=O) groups is 1. The summed E-state index contributed by atoms with van der Waals surface area (Å²) in [5.41, 5.74) is 0. The van der Waals surface area contributed by atoms with Crippen molar-refractivity contribution in [2.45, 2.75) is 23.4 Å². The Kier molecular flexibility index (Phi) is 7.05. The summed E-state index contributed by atoms with van der Waals surface area (Å²) in [7, 11) is 0. The molecule has 0 unspecified atom stereocenters. The van der Waals surface area contributed by atoms with Crippen molar-refractivity contribution in [3.05, 3.63) is 46.5 Å². The fourth-order valence-electron chi connectivity index (χ4n) is 2.11. The van der Waals surface area contributed by atoms with E-state index in [1.807, 2.05) is 0 Å². The minimum Gasteiger partial charge on any atom is -0.445 e. The number of halogens is 3. The molecule has 0 spiro atoms. The number of H-pyrrole nitrogens is 1. The molecule has 146 valence electrons. The second-order valence-electron chi connectivity index (χ2n) is 5.25. The molecule has 2 aromatic rings. The van der Waals surface area contributed by atoms with Crippen molar-refractivity contribution in [1.82, 2.24) is 14.9 Å². The molecule has 0 aliphatic carbocycles. The Labute approximate surface area is 168 Å². The average Bonchev–Trinajstić information content (AvgIpc) is 2.95. The first-order chi connectivity index (χ1) is 12.7. The van der Waals surface area contributed by atoms with Gasteiger partial charge in [0.25, 0.3) is 5.82 Å². The number of hydrogen-bond donors (Lipinski definition) is 2. The first-order valence-electron chi connectivity index (χ1n) is 7.58. The van der Waals surface area contributed by atoms with E-state index in [9.17, 15) is 14.9 Å². The molecule has 0 bridgehead atoms. The number of alkyl carbamates (subject to hydrolysis) is 1. The predicted molar refractivity (Wildman–Crippen MR) is 98.8 cm³/mol. The van der Waals surface area contributed by atoms with E-state index in [2.05, 4.69) is 20.6 Å². The molecule has 27 heavy (non-hydrogen) atoms. The highest BCUT2D eigenvalue weighted by Gasteiger charge is 2.38. The fraction of sp³-hybridized carbons (Fsp3) is 0.357. The van der Waals surface area contributed by atoms with Gasteiger partial charge in [-0.15, -0.1) is 0 Å². The zero-order valence-electron chi connectivity index (χ0n) is 14.0. The SMILES string of the molecule is Cc1ncc([N+](=O)[O-])n1CCOC(=O)N[C@@H](Nc1cccc[nH+]1)C(Cl)(Cl)Cl. The summed E-state index contributed by atoms with van der Waals surface area (Å²) in [5.74, 6) is 0.724. The molecule has 1 atom stereocenters. The van der Waals surface area contributed by atoms with Crippen LogP contribution in [-0.2, 0) is 11.3 Å². The van der Waals surface area contributed by atoms with Gasteiger partial charge in [0.15, 0.2) is 5.82 Å². The van der Waals surface area contributed by atoms with E-state index in [0.717, 1.165) is 6.20 Å². The maximum atomic E-state index is 12.0. The molecule has 0 radical (unpaired) electrons. The van der Waals surface area contributed by atoms with Crippen LogP contribution in [0.2, 0.25) is 0 Å². The van der Waals surface area contributed by atoms with Crippen LogP contribution in [0.15, 0.2) is 30.6 Å². The Balaban J connectivity index is 1.92. The van der Waals surface area contributed by atoms with Crippen molar-refractivity contribution in [3.63, 3.8) is 0 Å². The number of nitrogens with zero attached hydrogens (tertiary/aromatic N) is 3. The van der Waals surface area contributed by atoms with Crippen molar-refractivity contribution in [2.75, 3.05) is 11.9 Å². The van der Waals surface area contributed by atoms with E-state index in [0.29, 0.717) is 11.6 Å². The Morgan fingerprint density at radius 2 is 2.22 bits per heavy atom. The van der Waals surface area contributed by atoms with Gasteiger partial charge in [-0.1, -0.05) is 40.9 Å². The van der Waals surface area contributed by atoms with Gasteiger partial charge < -0.3 is 14.9 Å². The number of alkyl halides is 3. The van der Waals surface area contributed by atoms with Crippen LogP contribution >= 0.6 is 34.8 Å². The van der Waals surface area contributed by atoms with E-state index in [-0.39, 0.29) is 19.0 Å². The van der Waals surface area contributed by atoms with E-state index < -0.39 is 21.0 Å². The zero-order chi connectivity index (χ0) is 20.0. The predicted octanol–water partition coefficient (Wildman–Crippen LogP) is 2.45. The van der Waals surface area contributed by atoms with Crippen molar-refractivity contribution in [1.29, 1.82) is 0 Å². The number of aromatic amines is 1. The summed E-state index contributed by atoms with van der Waals surface area (Å²) in [6, 6.07) is 5.18. The number of carbonyl (C=O) groups excluding carboxylic acids is 1. The minimum atomic E-state index is -1.87. The van der Waals surface area contributed by atoms with Gasteiger partial charge in [-0.25, -0.2) is 24.6 Å². The number of pyridine rings is 1. The van der Waals surface area contributed by atoms with Gasteiger partial charge in [0.2, 0.25) is 9.96 Å². The molecule has 2 aromatic heterocycles. The molecule has 3 N–H and O–H groups in total. The number of aromatic nitrogens is 3. The summed E-state index contributed by atoms with van der Waals surface area (Å²) in [5, 5.41) is 16.1. The molecule has 10 nitrogen and oxygen atoms in total. The Morgan fingerprint density at radius 3 is 2.81 bits per heavy atom. The smallest absolute Gasteiger partial charge is 0.410 e. The van der Waals surface area contributed by atoms with Crippen LogP contribution in [0.25, 0.3) is 0 Å². The van der Waals surface area contributed by atoms with Crippen LogP contribution in [0.4, 0.5) is 16.4 Å². The van der Waals surface area contributed by atoms with Crippen LogP contribution in [0.1, 0.15) is 5.82 Å². The van der Waals surface area contributed by atoms with E-state index in [1.165, 1.54) is 4.57 Å². The Morgan fingerprint density at radius 1 is 1.48 bits per heavy atom. The normalized spacial score (nSPS) is 12.3. The van der Waals surface area contributed by atoms with Crippen LogP contribution in [0.5, 0.6) is 0 Å². The third-order valence-corrected chi connectivity index (χ3v) is 4.02. The van der Waals surface area contributed by atoms with E-state index >= 15 is 0 Å². The molecule has 0 fully saturated rings. The summed E-state index contributed by atoms with van der Waals surface area (Å²) in [6.45, 7) is 1.51. The van der Waals surface area contributed by atoms with Crippen molar-refractivity contribution in [3.8, 4) is 0 Å². The number of ether oxygens (including phenoxy) is 1. The molecule has 0 aliphatic rings. The lowest BCUT2D eigenvalue weighted by Gasteiger charge is -2.22. The highest BCUT2D eigenvalue weighted by Crippen LogP contribution is 2.30. The molecule has 0 saturated carbocycles. The average molecular weight is 439 g/mol. The van der Waals surface area contributed by atoms with Crippen LogP contribution in [0, 0.1) is 17.0 Å². The topological polar surface area (TPSA) is 125 Å². The summed E-state index contributed by atoms with van der Waals surface area (Å²) < 4.78 is 4.46. The molecule has 13 heteroatoms. The first kappa shape index (κ1) is 21.0. The Hall–Kier alpha value is -2.30. The lowest BCUT2D eigenvalue weighted by atomic mass is 10.4. The molecule has 2 heterocycles. The molecule has 0 saturated heterocycles. The second-order valence-corrected chi connectivity index (χ2v) is 7.62. The summed E-state index contributed by atoms with van der Waals surface area (Å²) in [6.07, 6.45) is 0.818. The van der Waals surface area contributed by atoms with Gasteiger partial charge in [0.05, 0.1) is 6.20 Å². The maximum Gasteiger partial charge on any atom is 0.410 e. The molecule has 1 amide bonds. The lowest BCUT2D eigenvalue weighted by molar-refractivity contribution is -0.392. The molecular formula is C14H16Cl3N6O4+. The number of anilines is 1. The molecule has 0 aromatic carbocycles. The van der Waals surface area contributed by atoms with Gasteiger partial charge in [0, 0.05) is 13.0 Å². The standard InChI is InChI=1S/C14H15Cl3N6O4/c1-9-19-8-11(23(25)26)22(9)6-7-27-13(24)21-12(14(15,16)17)20-10-4-2-3-5-18-10/h2-5,8,12H,6-7H2,1H3,(H,18,20)(H,21,24)/p+1/t12-/m1/s1. The van der Waals surface area contributed by atoms with Crippen molar-refractivity contribution < 1.29 is 19.4 Å². The quantitative estimate of drug-likeness (QED) is 0.296. The van der Waals surface area contributed by atoms with Crippen LogP contribution in [-0.4, -0.2) is 37.1 Å². The fourth-order valence-corrected chi connectivity index (χ4v) is 2.43. The third-order valence-electron chi connectivity index (χ3n) is 3.37. The van der Waals surface area contributed by atoms with Crippen molar-refractivity contribution >= 4 is 52.5 Å². The van der Waals surface area contributed by atoms with Crippen LogP contribution in [0.3, 0.4) is 0 Å². The maximum absolute atomic E-state index is 12.0. The number of aryl methyl sites for hydroxylation is 1. The number of rotatable bonds is 7. The number of hydrogen-bond acceptors (Lipinski definition) is 6. The number of amides is 1. The number of imidazole rings is 1. The highest BCUT2D eigenvalue weighted by atomic mass is 35.6. The second kappa shape index (κ2) is 9.07.